The van der Waals surface area contributed by atoms with Gasteiger partial charge in [-0.25, -0.2) is 4.79 Å². The Bertz CT molecular complexity index is 643. The number of ether oxygens (including phenoxy) is 2. The molecule has 0 bridgehead atoms. The number of hydrogen-bond acceptors (Lipinski definition) is 3. The summed E-state index contributed by atoms with van der Waals surface area (Å²) in [5.41, 5.74) is 1.59. The molecule has 0 saturated carbocycles. The van der Waals surface area contributed by atoms with E-state index in [0.717, 1.165) is 11.3 Å². The molecule has 2 rings (SSSR count). The SMILES string of the molecule is COc1cccc(NC(=O)N[C@@H](C)c2ccccc2OC)c1. The molecule has 22 heavy (non-hydrogen) atoms. The Morgan fingerprint density at radius 2 is 1.82 bits per heavy atom. The van der Waals surface area contributed by atoms with Crippen molar-refractivity contribution >= 4 is 11.7 Å². The van der Waals surface area contributed by atoms with Gasteiger partial charge in [0.25, 0.3) is 0 Å². The lowest BCUT2D eigenvalue weighted by atomic mass is 10.1. The van der Waals surface area contributed by atoms with E-state index in [9.17, 15) is 4.79 Å². The van der Waals surface area contributed by atoms with Crippen molar-refractivity contribution in [1.82, 2.24) is 5.32 Å². The van der Waals surface area contributed by atoms with E-state index in [0.29, 0.717) is 11.4 Å². The second-order valence-corrected chi connectivity index (χ2v) is 4.79. The molecule has 2 N–H and O–H groups in total. The lowest BCUT2D eigenvalue weighted by Crippen LogP contribution is -2.31. The Kier molecular flexibility index (Phi) is 5.25. The van der Waals surface area contributed by atoms with Crippen molar-refractivity contribution in [2.24, 2.45) is 0 Å². The Labute approximate surface area is 130 Å². The molecule has 2 amide bonds. The lowest BCUT2D eigenvalue weighted by molar-refractivity contribution is 0.249. The van der Waals surface area contributed by atoms with Gasteiger partial charge in [0, 0.05) is 17.3 Å². The molecule has 0 heterocycles. The fourth-order valence-electron chi connectivity index (χ4n) is 2.17. The third-order valence-electron chi connectivity index (χ3n) is 3.28. The Hall–Kier alpha value is -2.69. The predicted octanol–water partition coefficient (Wildman–Crippen LogP) is 3.59. The number of benzene rings is 2. The molecule has 116 valence electrons. The van der Waals surface area contributed by atoms with Crippen LogP contribution in [-0.4, -0.2) is 20.3 Å². The summed E-state index contributed by atoms with van der Waals surface area (Å²) >= 11 is 0. The number of anilines is 1. The topological polar surface area (TPSA) is 59.6 Å². The van der Waals surface area contributed by atoms with Crippen LogP contribution in [0.2, 0.25) is 0 Å². The number of para-hydroxylation sites is 1. The summed E-state index contributed by atoms with van der Waals surface area (Å²) in [5, 5.41) is 5.67. The number of rotatable bonds is 5. The second kappa shape index (κ2) is 7.36. The van der Waals surface area contributed by atoms with Gasteiger partial charge < -0.3 is 20.1 Å². The Morgan fingerprint density at radius 1 is 1.05 bits per heavy atom. The first kappa shape index (κ1) is 15.7. The molecule has 2 aromatic carbocycles. The van der Waals surface area contributed by atoms with Gasteiger partial charge in [0.05, 0.1) is 20.3 Å². The maximum absolute atomic E-state index is 12.1. The molecule has 0 saturated heterocycles. The summed E-state index contributed by atoms with van der Waals surface area (Å²) in [6.07, 6.45) is 0. The van der Waals surface area contributed by atoms with Gasteiger partial charge in [-0.15, -0.1) is 0 Å². The molecule has 5 heteroatoms. The fraction of sp³-hybridized carbons (Fsp3) is 0.235. The molecule has 0 aliphatic rings. The molecule has 0 aromatic heterocycles. The molecular weight excluding hydrogens is 280 g/mol. The Balaban J connectivity index is 2.02. The van der Waals surface area contributed by atoms with Gasteiger partial charge in [0.15, 0.2) is 0 Å². The highest BCUT2D eigenvalue weighted by Crippen LogP contribution is 2.24. The number of hydrogen-bond donors (Lipinski definition) is 2. The van der Waals surface area contributed by atoms with Crippen LogP contribution < -0.4 is 20.1 Å². The van der Waals surface area contributed by atoms with E-state index < -0.39 is 0 Å². The van der Waals surface area contributed by atoms with Crippen molar-refractivity contribution < 1.29 is 14.3 Å². The zero-order chi connectivity index (χ0) is 15.9. The van der Waals surface area contributed by atoms with Crippen LogP contribution in [0.3, 0.4) is 0 Å². The van der Waals surface area contributed by atoms with E-state index in [-0.39, 0.29) is 12.1 Å². The minimum absolute atomic E-state index is 0.179. The molecule has 0 radical (unpaired) electrons. The highest BCUT2D eigenvalue weighted by Gasteiger charge is 2.13. The monoisotopic (exact) mass is 300 g/mol. The highest BCUT2D eigenvalue weighted by molar-refractivity contribution is 5.89. The van der Waals surface area contributed by atoms with E-state index in [1.54, 1.807) is 26.4 Å². The van der Waals surface area contributed by atoms with Crippen molar-refractivity contribution in [3.05, 3.63) is 54.1 Å². The molecule has 0 spiro atoms. The average molecular weight is 300 g/mol. The lowest BCUT2D eigenvalue weighted by Gasteiger charge is -2.17. The zero-order valence-electron chi connectivity index (χ0n) is 12.9. The van der Waals surface area contributed by atoms with E-state index in [1.807, 2.05) is 43.3 Å². The van der Waals surface area contributed by atoms with Crippen LogP contribution in [0.15, 0.2) is 48.5 Å². The van der Waals surface area contributed by atoms with Gasteiger partial charge in [0.1, 0.15) is 11.5 Å². The summed E-state index contributed by atoms with van der Waals surface area (Å²) in [6, 6.07) is 14.3. The van der Waals surface area contributed by atoms with E-state index >= 15 is 0 Å². The molecule has 5 nitrogen and oxygen atoms in total. The molecule has 1 atom stereocenters. The summed E-state index contributed by atoms with van der Waals surface area (Å²) in [7, 11) is 3.20. The van der Waals surface area contributed by atoms with E-state index in [2.05, 4.69) is 10.6 Å². The average Bonchev–Trinajstić information content (AvgIpc) is 2.54. The van der Waals surface area contributed by atoms with Gasteiger partial charge in [-0.2, -0.15) is 0 Å². The third kappa shape index (κ3) is 3.91. The van der Waals surface area contributed by atoms with Gasteiger partial charge in [-0.05, 0) is 25.1 Å². The van der Waals surface area contributed by atoms with Gasteiger partial charge in [-0.3, -0.25) is 0 Å². The third-order valence-corrected chi connectivity index (χ3v) is 3.28. The normalized spacial score (nSPS) is 11.4. The van der Waals surface area contributed by atoms with Crippen LogP contribution in [0, 0.1) is 0 Å². The van der Waals surface area contributed by atoms with Crippen molar-refractivity contribution in [2.45, 2.75) is 13.0 Å². The molecule has 0 aliphatic carbocycles. The van der Waals surface area contributed by atoms with Crippen molar-refractivity contribution in [2.75, 3.05) is 19.5 Å². The maximum Gasteiger partial charge on any atom is 0.319 e. The van der Waals surface area contributed by atoms with E-state index in [4.69, 9.17) is 9.47 Å². The predicted molar refractivity (Wildman–Crippen MR) is 86.6 cm³/mol. The number of methoxy groups -OCH3 is 2. The van der Waals surface area contributed by atoms with Crippen LogP contribution in [0.5, 0.6) is 11.5 Å². The quantitative estimate of drug-likeness (QED) is 0.887. The number of urea groups is 1. The van der Waals surface area contributed by atoms with Gasteiger partial charge in [0.2, 0.25) is 0 Å². The number of carbonyl (C=O) groups excluding carboxylic acids is 1. The van der Waals surface area contributed by atoms with E-state index in [1.165, 1.54) is 0 Å². The van der Waals surface area contributed by atoms with Crippen molar-refractivity contribution in [3.63, 3.8) is 0 Å². The first-order valence-electron chi connectivity index (χ1n) is 6.98. The number of nitrogens with one attached hydrogen (secondary N) is 2. The summed E-state index contributed by atoms with van der Waals surface area (Å²) in [4.78, 5) is 12.1. The van der Waals surface area contributed by atoms with Crippen LogP contribution in [0.4, 0.5) is 10.5 Å². The summed E-state index contributed by atoms with van der Waals surface area (Å²) < 4.78 is 10.4. The molecule has 2 aromatic rings. The van der Waals surface area contributed by atoms with Crippen LogP contribution in [0.1, 0.15) is 18.5 Å². The first-order chi connectivity index (χ1) is 10.6. The van der Waals surface area contributed by atoms with Gasteiger partial charge >= 0.3 is 6.03 Å². The van der Waals surface area contributed by atoms with Crippen molar-refractivity contribution in [1.29, 1.82) is 0 Å². The molecule has 0 unspecified atom stereocenters. The van der Waals surface area contributed by atoms with Crippen LogP contribution >= 0.6 is 0 Å². The Morgan fingerprint density at radius 3 is 2.55 bits per heavy atom. The van der Waals surface area contributed by atoms with Crippen LogP contribution in [0.25, 0.3) is 0 Å². The number of carbonyl (C=O) groups is 1. The summed E-state index contributed by atoms with van der Waals surface area (Å²) in [5.74, 6) is 1.44. The molecule has 0 fully saturated rings. The molecule has 0 aliphatic heterocycles. The maximum atomic E-state index is 12.1. The minimum Gasteiger partial charge on any atom is -0.497 e. The smallest absolute Gasteiger partial charge is 0.319 e. The van der Waals surface area contributed by atoms with Crippen LogP contribution in [-0.2, 0) is 0 Å². The van der Waals surface area contributed by atoms with Crippen molar-refractivity contribution in [3.8, 4) is 11.5 Å². The minimum atomic E-state index is -0.286. The number of amides is 2. The standard InChI is InChI=1S/C17H20N2O3/c1-12(15-9-4-5-10-16(15)22-3)18-17(20)19-13-7-6-8-14(11-13)21-2/h4-12H,1-3H3,(H2,18,19,20)/t12-/m0/s1. The molecular formula is C17H20N2O3. The fourth-order valence-corrected chi connectivity index (χ4v) is 2.17. The highest BCUT2D eigenvalue weighted by atomic mass is 16.5. The second-order valence-electron chi connectivity index (χ2n) is 4.79. The first-order valence-corrected chi connectivity index (χ1v) is 6.98. The zero-order valence-corrected chi connectivity index (χ0v) is 12.9. The van der Waals surface area contributed by atoms with Gasteiger partial charge in [-0.1, -0.05) is 24.3 Å². The largest absolute Gasteiger partial charge is 0.497 e. The summed E-state index contributed by atoms with van der Waals surface area (Å²) in [6.45, 7) is 1.91.